The number of carbonyl (C=O) groups is 2. The van der Waals surface area contributed by atoms with E-state index in [-0.39, 0.29) is 12.8 Å². The smallest absolute Gasteiger partial charge is 0.310 e. The minimum absolute atomic E-state index is 0.00367. The van der Waals surface area contributed by atoms with E-state index in [4.69, 9.17) is 10.2 Å². The average molecular weight is 226 g/mol. The molecule has 0 aliphatic carbocycles. The van der Waals surface area contributed by atoms with Crippen LogP contribution in [0.15, 0.2) is 24.3 Å². The van der Waals surface area contributed by atoms with Gasteiger partial charge in [-0.3, -0.25) is 9.59 Å². The zero-order valence-electron chi connectivity index (χ0n) is 8.39. The standard InChI is InChI=1S/C11H11FO4/c12-8-3-1-7(2-4-8)9(11(15)16)5-6-10(13)14/h1-4,9H,5-6H2,(H,13,14)(H,15,16). The van der Waals surface area contributed by atoms with Gasteiger partial charge in [0.2, 0.25) is 0 Å². The summed E-state index contributed by atoms with van der Waals surface area (Å²) in [6, 6.07) is 5.03. The summed E-state index contributed by atoms with van der Waals surface area (Å²) in [6.45, 7) is 0. The van der Waals surface area contributed by atoms with Crippen molar-refractivity contribution in [2.45, 2.75) is 18.8 Å². The van der Waals surface area contributed by atoms with Crippen LogP contribution in [0, 0.1) is 5.82 Å². The highest BCUT2D eigenvalue weighted by Crippen LogP contribution is 2.21. The molecule has 2 N–H and O–H groups in total. The van der Waals surface area contributed by atoms with E-state index < -0.39 is 23.7 Å². The summed E-state index contributed by atoms with van der Waals surface area (Å²) in [5.74, 6) is -3.51. The maximum atomic E-state index is 12.6. The highest BCUT2D eigenvalue weighted by atomic mass is 19.1. The molecule has 1 unspecified atom stereocenters. The van der Waals surface area contributed by atoms with E-state index in [0.29, 0.717) is 5.56 Å². The average Bonchev–Trinajstić information content (AvgIpc) is 2.20. The van der Waals surface area contributed by atoms with Gasteiger partial charge in [-0.1, -0.05) is 12.1 Å². The van der Waals surface area contributed by atoms with E-state index in [1.165, 1.54) is 12.1 Å². The molecule has 0 radical (unpaired) electrons. The summed E-state index contributed by atoms with van der Waals surface area (Å²) < 4.78 is 12.6. The number of carboxylic acid groups (broad SMARTS) is 2. The first-order chi connectivity index (χ1) is 7.50. The molecule has 16 heavy (non-hydrogen) atoms. The lowest BCUT2D eigenvalue weighted by molar-refractivity contribution is -0.140. The molecule has 0 bridgehead atoms. The van der Waals surface area contributed by atoms with Gasteiger partial charge in [0.05, 0.1) is 5.92 Å². The molecule has 1 rings (SSSR count). The van der Waals surface area contributed by atoms with Crippen LogP contribution in [0.2, 0.25) is 0 Å². The van der Waals surface area contributed by atoms with Crippen LogP contribution in [0.1, 0.15) is 24.3 Å². The van der Waals surface area contributed by atoms with Gasteiger partial charge in [0.1, 0.15) is 5.82 Å². The third-order valence-corrected chi connectivity index (χ3v) is 2.22. The number of hydrogen-bond acceptors (Lipinski definition) is 2. The molecule has 86 valence electrons. The first-order valence-electron chi connectivity index (χ1n) is 4.70. The molecule has 0 heterocycles. The third kappa shape index (κ3) is 3.34. The number of halogens is 1. The van der Waals surface area contributed by atoms with Crippen molar-refractivity contribution in [2.24, 2.45) is 0 Å². The highest BCUT2D eigenvalue weighted by molar-refractivity contribution is 5.77. The summed E-state index contributed by atoms with van der Waals surface area (Å²) in [4.78, 5) is 21.3. The van der Waals surface area contributed by atoms with Gasteiger partial charge in [-0.15, -0.1) is 0 Å². The van der Waals surface area contributed by atoms with Gasteiger partial charge < -0.3 is 10.2 Å². The quantitative estimate of drug-likeness (QED) is 0.803. The Bertz CT molecular complexity index is 385. The molecular formula is C11H11FO4. The predicted molar refractivity (Wildman–Crippen MR) is 53.6 cm³/mol. The lowest BCUT2D eigenvalue weighted by Gasteiger charge is -2.11. The molecule has 0 saturated carbocycles. The van der Waals surface area contributed by atoms with Crippen molar-refractivity contribution in [2.75, 3.05) is 0 Å². The minimum atomic E-state index is -1.10. The second-order valence-corrected chi connectivity index (χ2v) is 3.37. The maximum Gasteiger partial charge on any atom is 0.310 e. The van der Waals surface area contributed by atoms with E-state index in [0.717, 1.165) is 12.1 Å². The Labute approximate surface area is 91.3 Å². The molecule has 0 spiro atoms. The lowest BCUT2D eigenvalue weighted by Crippen LogP contribution is -2.13. The number of carboxylic acids is 2. The summed E-state index contributed by atoms with van der Waals surface area (Å²) in [5, 5.41) is 17.4. The number of hydrogen-bond donors (Lipinski definition) is 2. The van der Waals surface area contributed by atoms with Gasteiger partial charge in [-0.2, -0.15) is 0 Å². The van der Waals surface area contributed by atoms with Crippen molar-refractivity contribution in [1.82, 2.24) is 0 Å². The molecule has 0 aromatic heterocycles. The van der Waals surface area contributed by atoms with E-state index in [2.05, 4.69) is 0 Å². The van der Waals surface area contributed by atoms with Gasteiger partial charge in [0.15, 0.2) is 0 Å². The summed E-state index contributed by atoms with van der Waals surface area (Å²) in [6.07, 6.45) is -0.232. The SMILES string of the molecule is O=C(O)CCC(C(=O)O)c1ccc(F)cc1. The van der Waals surface area contributed by atoms with Crippen molar-refractivity contribution in [3.05, 3.63) is 35.6 Å². The maximum absolute atomic E-state index is 12.6. The first-order valence-corrected chi connectivity index (χ1v) is 4.70. The topological polar surface area (TPSA) is 74.6 Å². The zero-order chi connectivity index (χ0) is 12.1. The molecule has 1 aromatic rings. The van der Waals surface area contributed by atoms with Gasteiger partial charge in [-0.05, 0) is 24.1 Å². The van der Waals surface area contributed by atoms with Crippen LogP contribution in [0.3, 0.4) is 0 Å². The number of rotatable bonds is 5. The van der Waals surface area contributed by atoms with Gasteiger partial charge in [0.25, 0.3) is 0 Å². The van der Waals surface area contributed by atoms with Crippen molar-refractivity contribution in [3.8, 4) is 0 Å². The number of benzene rings is 1. The molecule has 0 aliphatic heterocycles. The zero-order valence-corrected chi connectivity index (χ0v) is 8.39. The van der Waals surface area contributed by atoms with Crippen LogP contribution in [0.4, 0.5) is 4.39 Å². The highest BCUT2D eigenvalue weighted by Gasteiger charge is 2.20. The Kier molecular flexibility index (Phi) is 3.99. The third-order valence-electron chi connectivity index (χ3n) is 2.22. The Balaban J connectivity index is 2.81. The molecule has 0 amide bonds. The van der Waals surface area contributed by atoms with Crippen molar-refractivity contribution >= 4 is 11.9 Å². The second kappa shape index (κ2) is 5.25. The van der Waals surface area contributed by atoms with Crippen LogP contribution in [-0.2, 0) is 9.59 Å². The molecule has 0 fully saturated rings. The Morgan fingerprint density at radius 1 is 1.19 bits per heavy atom. The fourth-order valence-electron chi connectivity index (χ4n) is 1.40. The second-order valence-electron chi connectivity index (χ2n) is 3.37. The fraction of sp³-hybridized carbons (Fsp3) is 0.273. The van der Waals surface area contributed by atoms with E-state index in [9.17, 15) is 14.0 Å². The van der Waals surface area contributed by atoms with Crippen LogP contribution < -0.4 is 0 Å². The molecule has 5 heteroatoms. The predicted octanol–water partition coefficient (Wildman–Crippen LogP) is 1.86. The van der Waals surface area contributed by atoms with Crippen LogP contribution in [0.25, 0.3) is 0 Å². The Morgan fingerprint density at radius 2 is 1.75 bits per heavy atom. The molecule has 0 aliphatic rings. The van der Waals surface area contributed by atoms with Crippen molar-refractivity contribution in [3.63, 3.8) is 0 Å². The van der Waals surface area contributed by atoms with Gasteiger partial charge in [-0.25, -0.2) is 4.39 Å². The van der Waals surface area contributed by atoms with E-state index in [1.807, 2.05) is 0 Å². The largest absolute Gasteiger partial charge is 0.481 e. The minimum Gasteiger partial charge on any atom is -0.481 e. The van der Waals surface area contributed by atoms with Crippen LogP contribution in [-0.4, -0.2) is 22.2 Å². The Hall–Kier alpha value is -1.91. The molecule has 1 aromatic carbocycles. The molecular weight excluding hydrogens is 215 g/mol. The first kappa shape index (κ1) is 12.2. The number of aliphatic carboxylic acids is 2. The summed E-state index contributed by atoms with van der Waals surface area (Å²) in [7, 11) is 0. The van der Waals surface area contributed by atoms with Crippen LogP contribution in [0.5, 0.6) is 0 Å². The summed E-state index contributed by atoms with van der Waals surface area (Å²) in [5.41, 5.74) is 0.412. The normalized spacial score (nSPS) is 12.1. The van der Waals surface area contributed by atoms with E-state index in [1.54, 1.807) is 0 Å². The van der Waals surface area contributed by atoms with Crippen LogP contribution >= 0.6 is 0 Å². The van der Waals surface area contributed by atoms with Crippen molar-refractivity contribution < 1.29 is 24.2 Å². The van der Waals surface area contributed by atoms with Gasteiger partial charge >= 0.3 is 11.9 Å². The van der Waals surface area contributed by atoms with Gasteiger partial charge in [0, 0.05) is 6.42 Å². The van der Waals surface area contributed by atoms with Crippen molar-refractivity contribution in [1.29, 1.82) is 0 Å². The molecule has 4 nitrogen and oxygen atoms in total. The Morgan fingerprint density at radius 3 is 2.19 bits per heavy atom. The molecule has 1 atom stereocenters. The van der Waals surface area contributed by atoms with E-state index >= 15 is 0 Å². The lowest BCUT2D eigenvalue weighted by atomic mass is 9.94. The molecule has 0 saturated heterocycles. The fourth-order valence-corrected chi connectivity index (χ4v) is 1.40. The monoisotopic (exact) mass is 226 g/mol. The summed E-state index contributed by atoms with van der Waals surface area (Å²) >= 11 is 0.